The van der Waals surface area contributed by atoms with Crippen LogP contribution in [0.25, 0.3) is 0 Å². The number of halogens is 1. The van der Waals surface area contributed by atoms with Gasteiger partial charge in [0.15, 0.2) is 0 Å². The Bertz CT molecular complexity index is 462. The molecule has 1 saturated heterocycles. The molecular formula is C14H20ClN3O2. The fourth-order valence-corrected chi connectivity index (χ4v) is 2.32. The summed E-state index contributed by atoms with van der Waals surface area (Å²) in [5.74, 6) is 0. The number of hydrogen-bond acceptors (Lipinski definition) is 3. The molecule has 6 heteroatoms. The lowest BCUT2D eigenvalue weighted by atomic mass is 10.2. The van der Waals surface area contributed by atoms with E-state index in [4.69, 9.17) is 16.3 Å². The van der Waals surface area contributed by atoms with E-state index in [-0.39, 0.29) is 6.03 Å². The van der Waals surface area contributed by atoms with Crippen LogP contribution in [0.5, 0.6) is 0 Å². The minimum atomic E-state index is -0.232. The molecule has 2 N–H and O–H groups in total. The van der Waals surface area contributed by atoms with E-state index in [1.54, 1.807) is 6.07 Å². The molecule has 1 fully saturated rings. The fourth-order valence-electron chi connectivity index (χ4n) is 2.04. The topological polar surface area (TPSA) is 53.6 Å². The number of morpholine rings is 1. The molecular weight excluding hydrogens is 278 g/mol. The van der Waals surface area contributed by atoms with Crippen molar-refractivity contribution in [3.8, 4) is 0 Å². The summed E-state index contributed by atoms with van der Waals surface area (Å²) in [5, 5.41) is 6.13. The summed E-state index contributed by atoms with van der Waals surface area (Å²) in [5.41, 5.74) is 1.69. The van der Waals surface area contributed by atoms with Crippen LogP contribution >= 0.6 is 11.6 Å². The summed E-state index contributed by atoms with van der Waals surface area (Å²) < 4.78 is 5.27. The minimum absolute atomic E-state index is 0.232. The molecule has 0 atom stereocenters. The molecule has 2 rings (SSSR count). The van der Waals surface area contributed by atoms with Crippen LogP contribution in [-0.2, 0) is 4.74 Å². The average Bonchev–Trinajstić information content (AvgIpc) is 2.43. The number of hydrogen-bond donors (Lipinski definition) is 2. The molecule has 0 saturated carbocycles. The Morgan fingerprint density at radius 1 is 1.40 bits per heavy atom. The molecule has 0 aliphatic carbocycles. The van der Waals surface area contributed by atoms with Crippen LogP contribution in [0.3, 0.4) is 0 Å². The molecule has 0 unspecified atom stereocenters. The lowest BCUT2D eigenvalue weighted by molar-refractivity contribution is 0.0388. The first-order valence-electron chi connectivity index (χ1n) is 6.76. The minimum Gasteiger partial charge on any atom is -0.379 e. The van der Waals surface area contributed by atoms with Gasteiger partial charge in [-0.05, 0) is 24.6 Å². The van der Waals surface area contributed by atoms with Crippen LogP contribution in [0.15, 0.2) is 18.2 Å². The first kappa shape index (κ1) is 15.1. The van der Waals surface area contributed by atoms with Crippen molar-refractivity contribution in [2.75, 3.05) is 44.7 Å². The highest BCUT2D eigenvalue weighted by Crippen LogP contribution is 2.22. The normalized spacial score (nSPS) is 15.9. The zero-order chi connectivity index (χ0) is 14.4. The van der Waals surface area contributed by atoms with Gasteiger partial charge in [-0.1, -0.05) is 17.7 Å². The fraction of sp³-hybridized carbons (Fsp3) is 0.500. The van der Waals surface area contributed by atoms with E-state index in [9.17, 15) is 4.79 Å². The predicted molar refractivity (Wildman–Crippen MR) is 80.5 cm³/mol. The van der Waals surface area contributed by atoms with Gasteiger partial charge in [0.25, 0.3) is 0 Å². The van der Waals surface area contributed by atoms with Gasteiger partial charge < -0.3 is 15.4 Å². The number of benzene rings is 1. The van der Waals surface area contributed by atoms with Crippen molar-refractivity contribution in [2.24, 2.45) is 0 Å². The van der Waals surface area contributed by atoms with Crippen molar-refractivity contribution in [2.45, 2.75) is 6.92 Å². The summed E-state index contributed by atoms with van der Waals surface area (Å²) in [6.07, 6.45) is 0. The second-order valence-electron chi connectivity index (χ2n) is 4.82. The molecule has 110 valence electrons. The quantitative estimate of drug-likeness (QED) is 0.895. The number of amides is 2. The molecule has 5 nitrogen and oxygen atoms in total. The maximum atomic E-state index is 11.8. The van der Waals surface area contributed by atoms with Gasteiger partial charge in [-0.25, -0.2) is 4.79 Å². The average molecular weight is 298 g/mol. The second-order valence-corrected chi connectivity index (χ2v) is 5.23. The van der Waals surface area contributed by atoms with Gasteiger partial charge in [0.2, 0.25) is 0 Å². The van der Waals surface area contributed by atoms with Gasteiger partial charge in [0.1, 0.15) is 0 Å². The molecule has 0 aromatic heterocycles. The molecule has 1 aromatic carbocycles. The van der Waals surface area contributed by atoms with Crippen LogP contribution < -0.4 is 10.6 Å². The number of nitrogens with one attached hydrogen (secondary N) is 2. The Labute approximate surface area is 124 Å². The SMILES string of the molecule is Cc1ccc(NC(=O)NCCN2CCOCC2)c(Cl)c1. The molecule has 1 aromatic rings. The van der Waals surface area contributed by atoms with Crippen LogP contribution in [0.1, 0.15) is 5.56 Å². The standard InChI is InChI=1S/C14H20ClN3O2/c1-11-2-3-13(12(15)10-11)17-14(19)16-4-5-18-6-8-20-9-7-18/h2-3,10H,4-9H2,1H3,(H2,16,17,19). The number of carbonyl (C=O) groups excluding carboxylic acids is 1. The van der Waals surface area contributed by atoms with Crippen molar-refractivity contribution < 1.29 is 9.53 Å². The zero-order valence-electron chi connectivity index (χ0n) is 11.6. The van der Waals surface area contributed by atoms with Crippen molar-refractivity contribution >= 4 is 23.3 Å². The van der Waals surface area contributed by atoms with Crippen LogP contribution in [-0.4, -0.2) is 50.3 Å². The van der Waals surface area contributed by atoms with E-state index in [2.05, 4.69) is 15.5 Å². The maximum Gasteiger partial charge on any atom is 0.319 e. The van der Waals surface area contributed by atoms with Crippen LogP contribution in [0.2, 0.25) is 5.02 Å². The Balaban J connectivity index is 1.72. The lowest BCUT2D eigenvalue weighted by Gasteiger charge is -2.26. The van der Waals surface area contributed by atoms with Gasteiger partial charge >= 0.3 is 6.03 Å². The number of ether oxygens (including phenoxy) is 1. The molecule has 1 aliphatic rings. The smallest absolute Gasteiger partial charge is 0.319 e. The number of rotatable bonds is 4. The molecule has 0 bridgehead atoms. The highest BCUT2D eigenvalue weighted by molar-refractivity contribution is 6.33. The summed E-state index contributed by atoms with van der Waals surface area (Å²) in [6.45, 7) is 6.78. The van der Waals surface area contributed by atoms with Crippen molar-refractivity contribution in [3.63, 3.8) is 0 Å². The Kier molecular flexibility index (Phi) is 5.64. The molecule has 2 amide bonds. The third-order valence-electron chi connectivity index (χ3n) is 3.19. The molecule has 1 aliphatic heterocycles. The summed E-state index contributed by atoms with van der Waals surface area (Å²) in [6, 6.07) is 5.31. The van der Waals surface area contributed by atoms with Gasteiger partial charge in [-0.15, -0.1) is 0 Å². The van der Waals surface area contributed by atoms with Crippen molar-refractivity contribution in [3.05, 3.63) is 28.8 Å². The summed E-state index contributed by atoms with van der Waals surface area (Å²) >= 11 is 6.06. The Morgan fingerprint density at radius 3 is 2.85 bits per heavy atom. The van der Waals surface area contributed by atoms with Crippen molar-refractivity contribution in [1.29, 1.82) is 0 Å². The van der Waals surface area contributed by atoms with E-state index in [0.717, 1.165) is 38.4 Å². The van der Waals surface area contributed by atoms with Crippen LogP contribution in [0, 0.1) is 6.92 Å². The Morgan fingerprint density at radius 2 is 2.15 bits per heavy atom. The number of nitrogens with zero attached hydrogens (tertiary/aromatic N) is 1. The summed E-state index contributed by atoms with van der Waals surface area (Å²) in [7, 11) is 0. The third-order valence-corrected chi connectivity index (χ3v) is 3.50. The zero-order valence-corrected chi connectivity index (χ0v) is 12.4. The third kappa shape index (κ3) is 4.67. The van der Waals surface area contributed by atoms with E-state index in [0.29, 0.717) is 17.3 Å². The van der Waals surface area contributed by atoms with Gasteiger partial charge in [-0.2, -0.15) is 0 Å². The van der Waals surface area contributed by atoms with Crippen LogP contribution in [0.4, 0.5) is 10.5 Å². The van der Waals surface area contributed by atoms with Gasteiger partial charge in [0.05, 0.1) is 23.9 Å². The summed E-state index contributed by atoms with van der Waals surface area (Å²) in [4.78, 5) is 14.0. The first-order chi connectivity index (χ1) is 9.65. The molecule has 1 heterocycles. The highest BCUT2D eigenvalue weighted by atomic mass is 35.5. The van der Waals surface area contributed by atoms with E-state index in [1.165, 1.54) is 0 Å². The number of carbonyl (C=O) groups is 1. The van der Waals surface area contributed by atoms with Gasteiger partial charge in [0, 0.05) is 26.2 Å². The highest BCUT2D eigenvalue weighted by Gasteiger charge is 2.10. The number of aryl methyl sites for hydroxylation is 1. The number of urea groups is 1. The van der Waals surface area contributed by atoms with Crippen molar-refractivity contribution in [1.82, 2.24) is 10.2 Å². The van der Waals surface area contributed by atoms with E-state index in [1.807, 2.05) is 19.1 Å². The number of anilines is 1. The van der Waals surface area contributed by atoms with E-state index < -0.39 is 0 Å². The largest absolute Gasteiger partial charge is 0.379 e. The molecule has 0 spiro atoms. The van der Waals surface area contributed by atoms with Gasteiger partial charge in [-0.3, -0.25) is 4.90 Å². The van der Waals surface area contributed by atoms with E-state index >= 15 is 0 Å². The lowest BCUT2D eigenvalue weighted by Crippen LogP contribution is -2.42. The molecule has 0 radical (unpaired) electrons. The molecule has 20 heavy (non-hydrogen) atoms. The second kappa shape index (κ2) is 7.47. The monoisotopic (exact) mass is 297 g/mol. The predicted octanol–water partition coefficient (Wildman–Crippen LogP) is 2.10. The first-order valence-corrected chi connectivity index (χ1v) is 7.14. The maximum absolute atomic E-state index is 11.8. The Hall–Kier alpha value is -1.30.